The SMILES string of the molecule is COc1cc(/C=C/C(=O)Nc2ccc(C=Cc3cc(OC)c(OC)c(OC)c3)cc2O)cc(N)c1OC. The van der Waals surface area contributed by atoms with E-state index in [-0.39, 0.29) is 11.4 Å². The van der Waals surface area contributed by atoms with Gasteiger partial charge in [-0.1, -0.05) is 18.2 Å². The molecule has 0 heterocycles. The Labute approximate surface area is 215 Å². The van der Waals surface area contributed by atoms with E-state index in [1.807, 2.05) is 24.3 Å². The Kier molecular flexibility index (Phi) is 8.88. The summed E-state index contributed by atoms with van der Waals surface area (Å²) in [6.07, 6.45) is 6.57. The van der Waals surface area contributed by atoms with Gasteiger partial charge < -0.3 is 39.8 Å². The van der Waals surface area contributed by atoms with Gasteiger partial charge in [-0.15, -0.1) is 0 Å². The number of nitrogens with one attached hydrogen (secondary N) is 1. The fraction of sp³-hybridized carbons (Fsp3) is 0.179. The summed E-state index contributed by atoms with van der Waals surface area (Å²) in [4.78, 5) is 12.4. The monoisotopic (exact) mass is 506 g/mol. The molecule has 0 aliphatic rings. The maximum Gasteiger partial charge on any atom is 0.248 e. The van der Waals surface area contributed by atoms with Crippen molar-refractivity contribution in [2.45, 2.75) is 0 Å². The van der Waals surface area contributed by atoms with E-state index in [9.17, 15) is 9.90 Å². The summed E-state index contributed by atoms with van der Waals surface area (Å²) >= 11 is 0. The molecule has 0 bridgehead atoms. The minimum atomic E-state index is -0.427. The molecule has 0 unspecified atom stereocenters. The number of nitrogens with two attached hydrogens (primary N) is 1. The topological polar surface area (TPSA) is 122 Å². The van der Waals surface area contributed by atoms with Gasteiger partial charge >= 0.3 is 0 Å². The van der Waals surface area contributed by atoms with Crippen molar-refractivity contribution in [2.75, 3.05) is 46.6 Å². The Bertz CT molecular complexity index is 1310. The van der Waals surface area contributed by atoms with Crippen molar-refractivity contribution in [3.8, 4) is 34.5 Å². The molecule has 0 aliphatic heterocycles. The first kappa shape index (κ1) is 26.8. The number of hydrogen-bond acceptors (Lipinski definition) is 8. The highest BCUT2D eigenvalue weighted by Gasteiger charge is 2.12. The third-order valence-corrected chi connectivity index (χ3v) is 5.39. The molecule has 3 aromatic rings. The molecule has 3 rings (SSSR count). The first-order valence-electron chi connectivity index (χ1n) is 11.1. The maximum atomic E-state index is 12.4. The highest BCUT2D eigenvalue weighted by atomic mass is 16.5. The van der Waals surface area contributed by atoms with Gasteiger partial charge in [-0.3, -0.25) is 4.79 Å². The first-order chi connectivity index (χ1) is 17.8. The molecule has 0 radical (unpaired) electrons. The number of hydrogen-bond donors (Lipinski definition) is 3. The molecule has 0 atom stereocenters. The van der Waals surface area contributed by atoms with E-state index in [1.54, 1.807) is 57.7 Å². The number of nitrogen functional groups attached to an aromatic ring is 1. The van der Waals surface area contributed by atoms with Gasteiger partial charge in [0.1, 0.15) is 5.75 Å². The minimum absolute atomic E-state index is 0.0795. The van der Waals surface area contributed by atoms with E-state index >= 15 is 0 Å². The Hall–Kier alpha value is -4.79. The minimum Gasteiger partial charge on any atom is -0.506 e. The predicted octanol–water partition coefficient (Wildman–Crippen LogP) is 4.84. The lowest BCUT2D eigenvalue weighted by Gasteiger charge is -2.12. The molecule has 0 saturated carbocycles. The van der Waals surface area contributed by atoms with Gasteiger partial charge in [0, 0.05) is 6.08 Å². The number of phenols is 1. The van der Waals surface area contributed by atoms with Gasteiger partial charge in [-0.05, 0) is 59.2 Å². The number of anilines is 2. The number of aromatic hydroxyl groups is 1. The van der Waals surface area contributed by atoms with Gasteiger partial charge in [0.05, 0.1) is 46.9 Å². The number of methoxy groups -OCH3 is 5. The second-order valence-electron chi connectivity index (χ2n) is 7.74. The highest BCUT2D eigenvalue weighted by Crippen LogP contribution is 2.39. The molecule has 0 aliphatic carbocycles. The number of ether oxygens (including phenoxy) is 5. The van der Waals surface area contributed by atoms with Crippen LogP contribution in [0.2, 0.25) is 0 Å². The summed E-state index contributed by atoms with van der Waals surface area (Å²) in [5.74, 6) is 1.94. The van der Waals surface area contributed by atoms with Crippen LogP contribution in [0.4, 0.5) is 11.4 Å². The third kappa shape index (κ3) is 6.46. The second-order valence-corrected chi connectivity index (χ2v) is 7.74. The number of phenolic OH excluding ortho intramolecular Hbond substituents is 1. The van der Waals surface area contributed by atoms with Crippen molar-refractivity contribution < 1.29 is 33.6 Å². The van der Waals surface area contributed by atoms with Crippen LogP contribution >= 0.6 is 0 Å². The molecule has 194 valence electrons. The highest BCUT2D eigenvalue weighted by molar-refractivity contribution is 6.03. The van der Waals surface area contributed by atoms with Crippen LogP contribution in [0.25, 0.3) is 18.2 Å². The lowest BCUT2D eigenvalue weighted by Crippen LogP contribution is -2.07. The second kappa shape index (κ2) is 12.3. The van der Waals surface area contributed by atoms with Crippen molar-refractivity contribution in [1.29, 1.82) is 0 Å². The van der Waals surface area contributed by atoms with E-state index in [0.29, 0.717) is 40.0 Å². The van der Waals surface area contributed by atoms with Crippen molar-refractivity contribution in [3.05, 3.63) is 65.2 Å². The molecule has 4 N–H and O–H groups in total. The third-order valence-electron chi connectivity index (χ3n) is 5.39. The van der Waals surface area contributed by atoms with E-state index in [0.717, 1.165) is 11.1 Å². The van der Waals surface area contributed by atoms with Gasteiger partial charge in [0.2, 0.25) is 11.7 Å². The molecular weight excluding hydrogens is 476 g/mol. The van der Waals surface area contributed by atoms with Crippen molar-refractivity contribution in [1.82, 2.24) is 0 Å². The zero-order valence-electron chi connectivity index (χ0n) is 21.3. The lowest BCUT2D eigenvalue weighted by atomic mass is 10.1. The van der Waals surface area contributed by atoms with Crippen molar-refractivity contribution in [2.24, 2.45) is 0 Å². The summed E-state index contributed by atoms with van der Waals surface area (Å²) in [6, 6.07) is 11.9. The van der Waals surface area contributed by atoms with E-state index < -0.39 is 5.91 Å². The van der Waals surface area contributed by atoms with E-state index in [1.165, 1.54) is 20.3 Å². The molecule has 0 aromatic heterocycles. The molecule has 1 amide bonds. The Morgan fingerprint density at radius 2 is 1.27 bits per heavy atom. The van der Waals surface area contributed by atoms with Crippen LogP contribution in [0.3, 0.4) is 0 Å². The fourth-order valence-electron chi connectivity index (χ4n) is 3.61. The standard InChI is InChI=1S/C28H30N2O7/c1-33-23-14-18(12-20(29)27(23)36-4)9-11-26(32)30-21-10-8-17(13-22(21)31)6-7-19-15-24(34-2)28(37-5)25(16-19)35-3/h6-16,31H,29H2,1-5H3,(H,30,32)/b7-6?,11-9+. The van der Waals surface area contributed by atoms with Crippen LogP contribution in [0.5, 0.6) is 34.5 Å². The zero-order chi connectivity index (χ0) is 26.9. The molecule has 0 spiro atoms. The Balaban J connectivity index is 1.72. The van der Waals surface area contributed by atoms with Gasteiger partial charge in [0.15, 0.2) is 23.0 Å². The molecule has 0 saturated heterocycles. The average Bonchev–Trinajstić information content (AvgIpc) is 2.90. The number of carbonyl (C=O) groups is 1. The maximum absolute atomic E-state index is 12.4. The van der Waals surface area contributed by atoms with Crippen molar-refractivity contribution in [3.63, 3.8) is 0 Å². The van der Waals surface area contributed by atoms with Gasteiger partial charge in [-0.25, -0.2) is 0 Å². The summed E-state index contributed by atoms with van der Waals surface area (Å²) in [6.45, 7) is 0. The lowest BCUT2D eigenvalue weighted by molar-refractivity contribution is -0.111. The number of rotatable bonds is 10. The molecule has 0 fully saturated rings. The van der Waals surface area contributed by atoms with Crippen LogP contribution in [0, 0.1) is 0 Å². The van der Waals surface area contributed by atoms with Gasteiger partial charge in [-0.2, -0.15) is 0 Å². The van der Waals surface area contributed by atoms with Crippen LogP contribution in [0.15, 0.2) is 48.5 Å². The Morgan fingerprint density at radius 3 is 1.81 bits per heavy atom. The molecule has 9 nitrogen and oxygen atoms in total. The molecule has 3 aromatic carbocycles. The Morgan fingerprint density at radius 1 is 0.730 bits per heavy atom. The van der Waals surface area contributed by atoms with Crippen LogP contribution in [-0.2, 0) is 4.79 Å². The molecule has 9 heteroatoms. The normalized spacial score (nSPS) is 10.9. The van der Waals surface area contributed by atoms with E-state index in [4.69, 9.17) is 29.4 Å². The smallest absolute Gasteiger partial charge is 0.248 e. The summed E-state index contributed by atoms with van der Waals surface area (Å²) in [5.41, 5.74) is 8.82. The predicted molar refractivity (Wildman–Crippen MR) is 145 cm³/mol. The number of benzene rings is 3. The van der Waals surface area contributed by atoms with E-state index in [2.05, 4.69) is 5.32 Å². The largest absolute Gasteiger partial charge is 0.506 e. The fourth-order valence-corrected chi connectivity index (χ4v) is 3.61. The van der Waals surface area contributed by atoms with Crippen LogP contribution < -0.4 is 34.7 Å². The summed E-state index contributed by atoms with van der Waals surface area (Å²) in [5, 5.41) is 13.1. The first-order valence-corrected chi connectivity index (χ1v) is 11.1. The van der Waals surface area contributed by atoms with Crippen LogP contribution in [-0.4, -0.2) is 46.6 Å². The molecular formula is C28H30N2O7. The number of amides is 1. The average molecular weight is 507 g/mol. The summed E-state index contributed by atoms with van der Waals surface area (Å²) < 4.78 is 26.6. The number of carbonyl (C=O) groups excluding carboxylic acids is 1. The molecule has 37 heavy (non-hydrogen) atoms. The quantitative estimate of drug-likeness (QED) is 0.155. The zero-order valence-corrected chi connectivity index (χ0v) is 21.3. The van der Waals surface area contributed by atoms with Crippen LogP contribution in [0.1, 0.15) is 16.7 Å². The van der Waals surface area contributed by atoms with Gasteiger partial charge in [0.25, 0.3) is 0 Å². The van der Waals surface area contributed by atoms with Crippen molar-refractivity contribution >= 4 is 35.5 Å². The summed E-state index contributed by atoms with van der Waals surface area (Å²) in [7, 11) is 7.64.